The Labute approximate surface area is 84.6 Å². The number of esters is 1. The summed E-state index contributed by atoms with van der Waals surface area (Å²) in [6.45, 7) is -0.359. The third-order valence-corrected chi connectivity index (χ3v) is 2.31. The molecule has 0 saturated carbocycles. The van der Waals surface area contributed by atoms with E-state index in [1.165, 1.54) is 0 Å². The Morgan fingerprint density at radius 1 is 1.53 bits per heavy atom. The van der Waals surface area contributed by atoms with Gasteiger partial charge in [-0.2, -0.15) is 0 Å². The number of hydrogen-bond donors (Lipinski definition) is 1. The second-order valence-corrected chi connectivity index (χ2v) is 3.33. The molecule has 0 aromatic carbocycles. The van der Waals surface area contributed by atoms with Crippen molar-refractivity contribution in [1.82, 2.24) is 4.90 Å². The normalized spacial score (nSPS) is 24.7. The predicted octanol–water partition coefficient (Wildman–Crippen LogP) is 0.937. The van der Waals surface area contributed by atoms with Crippen molar-refractivity contribution in [2.75, 3.05) is 13.7 Å². The number of ether oxygens (including phenoxy) is 1. The Kier molecular flexibility index (Phi) is 3.11. The number of methoxy groups -OCH3 is 1. The average Bonchev–Trinajstić information content (AvgIpc) is 2.14. The number of likely N-dealkylation sites (tertiary alicyclic amines) is 1. The van der Waals surface area contributed by atoms with Crippen LogP contribution in [-0.2, 0) is 9.53 Å². The van der Waals surface area contributed by atoms with E-state index >= 15 is 0 Å². The highest BCUT2D eigenvalue weighted by atomic mass is 19.3. The van der Waals surface area contributed by atoms with Crippen molar-refractivity contribution in [3.63, 3.8) is 0 Å². The molecule has 1 N–H and O–H groups in total. The van der Waals surface area contributed by atoms with E-state index in [4.69, 9.17) is 5.11 Å². The van der Waals surface area contributed by atoms with Crippen molar-refractivity contribution >= 4 is 12.1 Å². The minimum atomic E-state index is -3.01. The molecule has 0 spiro atoms. The zero-order chi connectivity index (χ0) is 11.6. The van der Waals surface area contributed by atoms with Crippen LogP contribution in [0.25, 0.3) is 0 Å². The van der Waals surface area contributed by atoms with E-state index in [2.05, 4.69) is 4.74 Å². The first-order chi connectivity index (χ1) is 6.87. The van der Waals surface area contributed by atoms with Crippen LogP contribution in [0.3, 0.4) is 0 Å². The lowest BCUT2D eigenvalue weighted by Gasteiger charge is -2.35. The summed E-state index contributed by atoms with van der Waals surface area (Å²) >= 11 is 0. The van der Waals surface area contributed by atoms with Gasteiger partial charge in [-0.25, -0.2) is 18.4 Å². The molecule has 1 rings (SSSR count). The van der Waals surface area contributed by atoms with Gasteiger partial charge in [0.05, 0.1) is 7.11 Å². The first-order valence-electron chi connectivity index (χ1n) is 4.32. The topological polar surface area (TPSA) is 66.8 Å². The fraction of sp³-hybridized carbons (Fsp3) is 0.750. The number of amides is 1. The molecule has 1 heterocycles. The van der Waals surface area contributed by atoms with Gasteiger partial charge in [-0.3, -0.25) is 4.90 Å². The molecule has 0 radical (unpaired) electrons. The fourth-order valence-electron chi connectivity index (χ4n) is 1.51. The molecule has 86 valence electrons. The third kappa shape index (κ3) is 2.54. The molecule has 1 amide bonds. The van der Waals surface area contributed by atoms with Crippen LogP contribution in [0, 0.1) is 0 Å². The number of piperidine rings is 1. The van der Waals surface area contributed by atoms with Gasteiger partial charge in [0.25, 0.3) is 5.92 Å². The van der Waals surface area contributed by atoms with Crippen molar-refractivity contribution in [3.8, 4) is 0 Å². The number of rotatable bonds is 1. The fourth-order valence-corrected chi connectivity index (χ4v) is 1.51. The first-order valence-corrected chi connectivity index (χ1v) is 4.32. The molecule has 1 atom stereocenters. The van der Waals surface area contributed by atoms with Crippen molar-refractivity contribution < 1.29 is 28.2 Å². The Morgan fingerprint density at radius 3 is 2.60 bits per heavy atom. The molecular formula is C8H11F2NO4. The highest BCUT2D eigenvalue weighted by Crippen LogP contribution is 2.32. The standard InChI is InChI=1S/C8H11F2NO4/c1-15-6(12)5-4-8(9,10)2-3-11(5)7(13)14/h5H,2-4H2,1H3,(H,13,14). The molecule has 1 aliphatic rings. The second kappa shape index (κ2) is 4.00. The van der Waals surface area contributed by atoms with E-state index in [-0.39, 0.29) is 6.54 Å². The van der Waals surface area contributed by atoms with Gasteiger partial charge >= 0.3 is 12.1 Å². The Bertz CT molecular complexity index is 282. The summed E-state index contributed by atoms with van der Waals surface area (Å²) in [7, 11) is 1.04. The quantitative estimate of drug-likeness (QED) is 0.672. The minimum absolute atomic E-state index is 0.359. The van der Waals surface area contributed by atoms with Crippen LogP contribution in [0.4, 0.5) is 13.6 Å². The van der Waals surface area contributed by atoms with E-state index in [1.54, 1.807) is 0 Å². The van der Waals surface area contributed by atoms with Gasteiger partial charge in [-0.05, 0) is 0 Å². The van der Waals surface area contributed by atoms with Crippen LogP contribution in [0.2, 0.25) is 0 Å². The van der Waals surface area contributed by atoms with Crippen molar-refractivity contribution in [3.05, 3.63) is 0 Å². The number of carboxylic acid groups (broad SMARTS) is 1. The SMILES string of the molecule is COC(=O)C1CC(F)(F)CCN1C(=O)O. The largest absolute Gasteiger partial charge is 0.467 e. The summed E-state index contributed by atoms with van der Waals surface area (Å²) < 4.78 is 30.2. The lowest BCUT2D eigenvalue weighted by molar-refractivity contribution is -0.155. The van der Waals surface area contributed by atoms with Crippen molar-refractivity contribution in [2.45, 2.75) is 24.8 Å². The zero-order valence-corrected chi connectivity index (χ0v) is 8.07. The third-order valence-electron chi connectivity index (χ3n) is 2.31. The molecule has 0 aliphatic carbocycles. The molecule has 5 nitrogen and oxygen atoms in total. The maximum Gasteiger partial charge on any atom is 0.408 e. The molecule has 1 saturated heterocycles. The number of hydrogen-bond acceptors (Lipinski definition) is 3. The smallest absolute Gasteiger partial charge is 0.408 e. The monoisotopic (exact) mass is 223 g/mol. The van der Waals surface area contributed by atoms with Crippen LogP contribution < -0.4 is 0 Å². The molecule has 15 heavy (non-hydrogen) atoms. The Morgan fingerprint density at radius 2 is 2.13 bits per heavy atom. The zero-order valence-electron chi connectivity index (χ0n) is 8.07. The minimum Gasteiger partial charge on any atom is -0.467 e. The van der Waals surface area contributed by atoms with Crippen molar-refractivity contribution in [2.24, 2.45) is 0 Å². The van der Waals surface area contributed by atoms with Gasteiger partial charge < -0.3 is 9.84 Å². The van der Waals surface area contributed by atoms with Crippen molar-refractivity contribution in [1.29, 1.82) is 0 Å². The lowest BCUT2D eigenvalue weighted by atomic mass is 9.99. The van der Waals surface area contributed by atoms with Gasteiger partial charge in [-0.15, -0.1) is 0 Å². The van der Waals surface area contributed by atoms with Crippen LogP contribution in [0.15, 0.2) is 0 Å². The van der Waals surface area contributed by atoms with Gasteiger partial charge in [0, 0.05) is 19.4 Å². The molecule has 1 unspecified atom stereocenters. The summed E-state index contributed by atoms with van der Waals surface area (Å²) in [6, 6.07) is -1.41. The van der Waals surface area contributed by atoms with Gasteiger partial charge in [0.1, 0.15) is 6.04 Å². The van der Waals surface area contributed by atoms with Crippen LogP contribution >= 0.6 is 0 Å². The van der Waals surface area contributed by atoms with E-state index in [0.717, 1.165) is 7.11 Å². The maximum atomic E-state index is 13.0. The lowest BCUT2D eigenvalue weighted by Crippen LogP contribution is -2.53. The number of halogens is 2. The molecular weight excluding hydrogens is 212 g/mol. The average molecular weight is 223 g/mol. The first kappa shape index (κ1) is 11.7. The predicted molar refractivity (Wildman–Crippen MR) is 44.7 cm³/mol. The van der Waals surface area contributed by atoms with E-state index in [0.29, 0.717) is 4.90 Å². The number of carbonyl (C=O) groups excluding carboxylic acids is 1. The number of carbonyl (C=O) groups is 2. The molecule has 0 aromatic heterocycles. The molecule has 0 bridgehead atoms. The van der Waals surface area contributed by atoms with Crippen LogP contribution in [0.1, 0.15) is 12.8 Å². The summed E-state index contributed by atoms with van der Waals surface area (Å²) in [5.41, 5.74) is 0. The van der Waals surface area contributed by atoms with E-state index in [9.17, 15) is 18.4 Å². The molecule has 0 aromatic rings. The summed E-state index contributed by atoms with van der Waals surface area (Å²) in [4.78, 5) is 22.5. The maximum absolute atomic E-state index is 13.0. The highest BCUT2D eigenvalue weighted by Gasteiger charge is 2.45. The summed E-state index contributed by atoms with van der Waals surface area (Å²) in [5.74, 6) is -3.96. The molecule has 7 heteroatoms. The summed E-state index contributed by atoms with van der Waals surface area (Å²) in [6.07, 6.45) is -2.76. The molecule has 1 fully saturated rings. The van der Waals surface area contributed by atoms with E-state index < -0.39 is 36.9 Å². The number of alkyl halides is 2. The molecule has 1 aliphatic heterocycles. The van der Waals surface area contributed by atoms with Gasteiger partial charge in [-0.1, -0.05) is 0 Å². The van der Waals surface area contributed by atoms with E-state index in [1.807, 2.05) is 0 Å². The second-order valence-electron chi connectivity index (χ2n) is 3.33. The van der Waals surface area contributed by atoms with Gasteiger partial charge in [0.2, 0.25) is 0 Å². The Hall–Kier alpha value is -1.40. The van der Waals surface area contributed by atoms with Gasteiger partial charge in [0.15, 0.2) is 0 Å². The van der Waals surface area contributed by atoms with Crippen LogP contribution in [0.5, 0.6) is 0 Å². The van der Waals surface area contributed by atoms with Crippen LogP contribution in [-0.4, -0.2) is 47.7 Å². The summed E-state index contributed by atoms with van der Waals surface area (Å²) in [5, 5.41) is 8.70. The number of nitrogens with zero attached hydrogens (tertiary/aromatic N) is 1. The Balaban J connectivity index is 2.83. The highest BCUT2D eigenvalue weighted by molar-refractivity contribution is 5.81.